The standard InChI is InChI=1S/C18H19BrClN/c19-17-9-13(11-21-12-17)8-16-10-15(6-7-18(16)20)14-4-2-1-3-5-14/h1-5,9,11-12,15-16,18H,6-8,10H2. The van der Waals surface area contributed by atoms with Crippen molar-refractivity contribution in [1.82, 2.24) is 4.98 Å². The molecule has 3 unspecified atom stereocenters. The summed E-state index contributed by atoms with van der Waals surface area (Å²) in [6.07, 6.45) is 8.28. The van der Waals surface area contributed by atoms with Crippen LogP contribution < -0.4 is 0 Å². The molecule has 0 amide bonds. The molecule has 3 rings (SSSR count). The van der Waals surface area contributed by atoms with E-state index in [4.69, 9.17) is 11.6 Å². The van der Waals surface area contributed by atoms with Crippen LogP contribution in [-0.4, -0.2) is 10.4 Å². The Morgan fingerprint density at radius 1 is 1.14 bits per heavy atom. The highest BCUT2D eigenvalue weighted by atomic mass is 79.9. The second kappa shape index (κ2) is 6.93. The van der Waals surface area contributed by atoms with Gasteiger partial charge < -0.3 is 0 Å². The van der Waals surface area contributed by atoms with Crippen molar-refractivity contribution >= 4 is 27.5 Å². The predicted octanol–water partition coefficient (Wildman–Crippen LogP) is 5.58. The van der Waals surface area contributed by atoms with E-state index in [9.17, 15) is 0 Å². The second-order valence-corrected chi connectivity index (χ2v) is 7.39. The first-order valence-corrected chi connectivity index (χ1v) is 8.74. The monoisotopic (exact) mass is 363 g/mol. The molecule has 1 aliphatic rings. The molecule has 0 radical (unpaired) electrons. The van der Waals surface area contributed by atoms with Gasteiger partial charge in [0.25, 0.3) is 0 Å². The summed E-state index contributed by atoms with van der Waals surface area (Å²) in [5.74, 6) is 1.17. The van der Waals surface area contributed by atoms with Crippen LogP contribution in [0.2, 0.25) is 0 Å². The van der Waals surface area contributed by atoms with Crippen LogP contribution >= 0.6 is 27.5 Å². The maximum absolute atomic E-state index is 6.59. The molecule has 0 saturated heterocycles. The van der Waals surface area contributed by atoms with Gasteiger partial charge in [-0.2, -0.15) is 0 Å². The lowest BCUT2D eigenvalue weighted by Gasteiger charge is -2.33. The molecule has 3 heteroatoms. The fraction of sp³-hybridized carbons (Fsp3) is 0.389. The van der Waals surface area contributed by atoms with E-state index in [0.717, 1.165) is 17.3 Å². The van der Waals surface area contributed by atoms with Gasteiger partial charge in [-0.05, 0) is 70.6 Å². The quantitative estimate of drug-likeness (QED) is 0.648. The Hall–Kier alpha value is -0.860. The number of nitrogens with zero attached hydrogens (tertiary/aromatic N) is 1. The van der Waals surface area contributed by atoms with Crippen molar-refractivity contribution in [3.05, 3.63) is 64.4 Å². The lowest BCUT2D eigenvalue weighted by atomic mass is 9.75. The Labute approximate surface area is 139 Å². The zero-order valence-electron chi connectivity index (χ0n) is 11.9. The molecule has 1 aromatic carbocycles. The van der Waals surface area contributed by atoms with Crippen LogP contribution in [0, 0.1) is 5.92 Å². The third kappa shape index (κ3) is 3.87. The lowest BCUT2D eigenvalue weighted by Crippen LogP contribution is -2.26. The Balaban J connectivity index is 1.72. The van der Waals surface area contributed by atoms with Gasteiger partial charge >= 0.3 is 0 Å². The number of pyridine rings is 1. The minimum absolute atomic E-state index is 0.281. The van der Waals surface area contributed by atoms with E-state index in [1.165, 1.54) is 24.0 Å². The molecule has 1 aromatic heterocycles. The number of halogens is 2. The Morgan fingerprint density at radius 3 is 2.71 bits per heavy atom. The van der Waals surface area contributed by atoms with Gasteiger partial charge in [0.2, 0.25) is 0 Å². The molecule has 0 N–H and O–H groups in total. The maximum Gasteiger partial charge on any atom is 0.0410 e. The van der Waals surface area contributed by atoms with Crippen LogP contribution in [0.15, 0.2) is 53.3 Å². The average molecular weight is 365 g/mol. The van der Waals surface area contributed by atoms with Crippen molar-refractivity contribution in [2.24, 2.45) is 5.92 Å². The van der Waals surface area contributed by atoms with Crippen molar-refractivity contribution in [3.8, 4) is 0 Å². The summed E-state index contributed by atoms with van der Waals surface area (Å²) in [6.45, 7) is 0. The minimum atomic E-state index is 0.281. The first-order valence-electron chi connectivity index (χ1n) is 7.51. The van der Waals surface area contributed by atoms with Crippen molar-refractivity contribution < 1.29 is 0 Å². The molecule has 0 aliphatic heterocycles. The normalized spacial score (nSPS) is 25.7. The van der Waals surface area contributed by atoms with Gasteiger partial charge in [-0.15, -0.1) is 11.6 Å². The first-order chi connectivity index (χ1) is 10.2. The van der Waals surface area contributed by atoms with E-state index in [1.54, 1.807) is 0 Å². The van der Waals surface area contributed by atoms with Crippen molar-refractivity contribution in [1.29, 1.82) is 0 Å². The molecule has 110 valence electrons. The molecule has 1 nitrogen and oxygen atoms in total. The maximum atomic E-state index is 6.59. The summed E-state index contributed by atoms with van der Waals surface area (Å²) in [7, 11) is 0. The molecular formula is C18H19BrClN. The summed E-state index contributed by atoms with van der Waals surface area (Å²) in [4.78, 5) is 4.26. The molecule has 0 spiro atoms. The van der Waals surface area contributed by atoms with E-state index >= 15 is 0 Å². The van der Waals surface area contributed by atoms with Crippen LogP contribution in [0.1, 0.15) is 36.3 Å². The number of aromatic nitrogens is 1. The number of hydrogen-bond acceptors (Lipinski definition) is 1. The Kier molecular flexibility index (Phi) is 4.97. The summed E-state index contributed by atoms with van der Waals surface area (Å²) in [5.41, 5.74) is 2.73. The molecule has 3 atom stereocenters. The third-order valence-electron chi connectivity index (χ3n) is 4.42. The summed E-state index contributed by atoms with van der Waals surface area (Å²) < 4.78 is 1.04. The van der Waals surface area contributed by atoms with E-state index in [2.05, 4.69) is 57.3 Å². The highest BCUT2D eigenvalue weighted by molar-refractivity contribution is 9.10. The summed E-state index contributed by atoms with van der Waals surface area (Å²) >= 11 is 10.1. The van der Waals surface area contributed by atoms with Gasteiger partial charge in [0, 0.05) is 22.2 Å². The van der Waals surface area contributed by atoms with Crippen LogP contribution in [0.25, 0.3) is 0 Å². The Bertz CT molecular complexity index is 587. The molecule has 1 fully saturated rings. The number of alkyl halides is 1. The smallest absolute Gasteiger partial charge is 0.0410 e. The third-order valence-corrected chi connectivity index (χ3v) is 5.43. The van der Waals surface area contributed by atoms with E-state index in [0.29, 0.717) is 11.8 Å². The minimum Gasteiger partial charge on any atom is -0.263 e. The van der Waals surface area contributed by atoms with Gasteiger partial charge in [0.05, 0.1) is 0 Å². The van der Waals surface area contributed by atoms with Gasteiger partial charge in [-0.25, -0.2) is 0 Å². The van der Waals surface area contributed by atoms with Crippen LogP contribution in [-0.2, 0) is 6.42 Å². The molecular weight excluding hydrogens is 346 g/mol. The van der Waals surface area contributed by atoms with Crippen LogP contribution in [0.3, 0.4) is 0 Å². The van der Waals surface area contributed by atoms with E-state index in [1.807, 2.05) is 12.4 Å². The Morgan fingerprint density at radius 2 is 1.95 bits per heavy atom. The summed E-state index contributed by atoms with van der Waals surface area (Å²) in [6, 6.07) is 13.0. The number of rotatable bonds is 3. The first kappa shape index (κ1) is 15.1. The fourth-order valence-electron chi connectivity index (χ4n) is 3.34. The highest BCUT2D eigenvalue weighted by Crippen LogP contribution is 2.40. The molecule has 21 heavy (non-hydrogen) atoms. The average Bonchev–Trinajstić information content (AvgIpc) is 2.50. The van der Waals surface area contributed by atoms with Crippen molar-refractivity contribution in [2.75, 3.05) is 0 Å². The molecule has 1 aliphatic carbocycles. The van der Waals surface area contributed by atoms with Gasteiger partial charge in [0.15, 0.2) is 0 Å². The molecule has 1 saturated carbocycles. The molecule has 0 bridgehead atoms. The molecule has 1 heterocycles. The zero-order chi connectivity index (χ0) is 14.7. The zero-order valence-corrected chi connectivity index (χ0v) is 14.2. The van der Waals surface area contributed by atoms with Crippen molar-refractivity contribution in [3.63, 3.8) is 0 Å². The van der Waals surface area contributed by atoms with E-state index < -0.39 is 0 Å². The van der Waals surface area contributed by atoms with Crippen LogP contribution in [0.5, 0.6) is 0 Å². The van der Waals surface area contributed by atoms with Gasteiger partial charge in [-0.1, -0.05) is 30.3 Å². The molecule has 2 aromatic rings. The van der Waals surface area contributed by atoms with Gasteiger partial charge in [-0.3, -0.25) is 4.98 Å². The summed E-state index contributed by atoms with van der Waals surface area (Å²) in [5, 5.41) is 0.281. The van der Waals surface area contributed by atoms with Crippen molar-refractivity contribution in [2.45, 2.75) is 37.0 Å². The predicted molar refractivity (Wildman–Crippen MR) is 91.8 cm³/mol. The number of benzene rings is 1. The number of hydrogen-bond donors (Lipinski definition) is 0. The fourth-order valence-corrected chi connectivity index (χ4v) is 4.07. The highest BCUT2D eigenvalue weighted by Gasteiger charge is 2.30. The van der Waals surface area contributed by atoms with E-state index in [-0.39, 0.29) is 5.38 Å². The van der Waals surface area contributed by atoms with Gasteiger partial charge in [0.1, 0.15) is 0 Å². The SMILES string of the molecule is ClC1CCC(c2ccccc2)CC1Cc1cncc(Br)c1. The van der Waals surface area contributed by atoms with Crippen LogP contribution in [0.4, 0.5) is 0 Å². The largest absolute Gasteiger partial charge is 0.263 e. The second-order valence-electron chi connectivity index (χ2n) is 5.91. The topological polar surface area (TPSA) is 12.9 Å². The lowest BCUT2D eigenvalue weighted by molar-refractivity contribution is 0.326.